The van der Waals surface area contributed by atoms with Gasteiger partial charge in [-0.25, -0.2) is 0 Å². The van der Waals surface area contributed by atoms with Gasteiger partial charge in [0.05, 0.1) is 0 Å². The molecular formula is C15H14ClNO2. The summed E-state index contributed by atoms with van der Waals surface area (Å²) in [5.41, 5.74) is 6.83. The molecule has 98 valence electrons. The number of rotatable bonds is 4. The van der Waals surface area contributed by atoms with Gasteiger partial charge in [0.2, 0.25) is 5.91 Å². The number of nitrogens with two attached hydrogens (primary N) is 1. The number of carbonyl (C=O) groups excluding carboxylic acids is 1. The van der Waals surface area contributed by atoms with E-state index < -0.39 is 5.91 Å². The van der Waals surface area contributed by atoms with Crippen molar-refractivity contribution in [3.63, 3.8) is 0 Å². The zero-order valence-corrected chi connectivity index (χ0v) is 11.0. The van der Waals surface area contributed by atoms with Crippen molar-refractivity contribution in [3.05, 3.63) is 64.7 Å². The van der Waals surface area contributed by atoms with Crippen LogP contribution in [-0.2, 0) is 4.79 Å². The molecule has 0 spiro atoms. The number of carbonyl (C=O) groups is 1. The van der Waals surface area contributed by atoms with Gasteiger partial charge in [0.15, 0.2) is 0 Å². The number of hydrogen-bond acceptors (Lipinski definition) is 2. The number of phenols is 1. The minimum Gasteiger partial charge on any atom is -0.508 e. The number of halogens is 1. The Morgan fingerprint density at radius 1 is 1.21 bits per heavy atom. The van der Waals surface area contributed by atoms with Crippen LogP contribution in [0.15, 0.2) is 48.5 Å². The van der Waals surface area contributed by atoms with Crippen molar-refractivity contribution < 1.29 is 9.90 Å². The monoisotopic (exact) mass is 275 g/mol. The molecule has 4 heteroatoms. The normalized spacial score (nSPS) is 12.1. The van der Waals surface area contributed by atoms with Crippen LogP contribution in [-0.4, -0.2) is 11.0 Å². The summed E-state index contributed by atoms with van der Waals surface area (Å²) in [4.78, 5) is 11.3. The number of benzene rings is 2. The Kier molecular flexibility index (Phi) is 4.07. The van der Waals surface area contributed by atoms with E-state index in [1.165, 1.54) is 6.07 Å². The number of amides is 1. The summed E-state index contributed by atoms with van der Waals surface area (Å²) in [6.45, 7) is 0. The Hall–Kier alpha value is -2.00. The van der Waals surface area contributed by atoms with E-state index in [-0.39, 0.29) is 18.1 Å². The first-order valence-electron chi connectivity index (χ1n) is 5.89. The van der Waals surface area contributed by atoms with Crippen LogP contribution >= 0.6 is 11.6 Å². The Balaban J connectivity index is 2.48. The number of hydrogen-bond donors (Lipinski definition) is 2. The number of primary amides is 1. The van der Waals surface area contributed by atoms with Crippen molar-refractivity contribution in [1.82, 2.24) is 0 Å². The summed E-state index contributed by atoms with van der Waals surface area (Å²) in [5, 5.41) is 10.5. The highest BCUT2D eigenvalue weighted by atomic mass is 35.5. The molecule has 1 amide bonds. The molecule has 3 N–H and O–H groups in total. The predicted molar refractivity (Wildman–Crippen MR) is 75.2 cm³/mol. The van der Waals surface area contributed by atoms with Crippen molar-refractivity contribution >= 4 is 17.5 Å². The number of phenolic OH excluding ortho intramolecular Hbond substituents is 1. The molecule has 0 unspecified atom stereocenters. The van der Waals surface area contributed by atoms with Crippen LogP contribution in [0.25, 0.3) is 0 Å². The summed E-state index contributed by atoms with van der Waals surface area (Å²) >= 11 is 5.96. The second kappa shape index (κ2) is 5.76. The summed E-state index contributed by atoms with van der Waals surface area (Å²) < 4.78 is 0. The van der Waals surface area contributed by atoms with E-state index in [0.717, 1.165) is 5.56 Å². The lowest BCUT2D eigenvalue weighted by Crippen LogP contribution is -2.16. The quantitative estimate of drug-likeness (QED) is 0.901. The molecular weight excluding hydrogens is 262 g/mol. The summed E-state index contributed by atoms with van der Waals surface area (Å²) in [6, 6.07) is 14.2. The summed E-state index contributed by atoms with van der Waals surface area (Å²) in [7, 11) is 0. The van der Waals surface area contributed by atoms with E-state index in [1.807, 2.05) is 30.3 Å². The minimum atomic E-state index is -0.423. The van der Waals surface area contributed by atoms with E-state index in [0.29, 0.717) is 10.6 Å². The van der Waals surface area contributed by atoms with Crippen molar-refractivity contribution in [3.8, 4) is 5.75 Å². The third kappa shape index (κ3) is 3.26. The molecule has 0 radical (unpaired) electrons. The molecule has 0 fully saturated rings. The molecule has 0 saturated carbocycles. The zero-order chi connectivity index (χ0) is 13.8. The fourth-order valence-corrected chi connectivity index (χ4v) is 2.28. The first-order valence-corrected chi connectivity index (χ1v) is 6.27. The molecule has 2 aromatic carbocycles. The van der Waals surface area contributed by atoms with E-state index in [4.69, 9.17) is 17.3 Å². The second-order valence-electron chi connectivity index (χ2n) is 4.34. The molecule has 0 aliphatic carbocycles. The first kappa shape index (κ1) is 13.4. The van der Waals surface area contributed by atoms with Gasteiger partial charge in [-0.15, -0.1) is 0 Å². The molecule has 0 aliphatic heterocycles. The van der Waals surface area contributed by atoms with Crippen molar-refractivity contribution in [1.29, 1.82) is 0 Å². The average Bonchev–Trinajstić information content (AvgIpc) is 2.40. The van der Waals surface area contributed by atoms with Gasteiger partial charge in [0.1, 0.15) is 5.75 Å². The second-order valence-corrected chi connectivity index (χ2v) is 4.77. The summed E-state index contributed by atoms with van der Waals surface area (Å²) in [5.74, 6) is -0.606. The molecule has 0 aliphatic rings. The van der Waals surface area contributed by atoms with Crippen LogP contribution in [0.4, 0.5) is 0 Å². The highest BCUT2D eigenvalue weighted by Gasteiger charge is 2.20. The Bertz CT molecular complexity index is 584. The SMILES string of the molecule is NC(=O)C[C@H](c1ccccc1)c1cc(Cl)ccc1O. The van der Waals surface area contributed by atoms with Crippen LogP contribution in [0.1, 0.15) is 23.5 Å². The van der Waals surface area contributed by atoms with Gasteiger partial charge in [0.25, 0.3) is 0 Å². The van der Waals surface area contributed by atoms with Crippen LogP contribution in [0.5, 0.6) is 5.75 Å². The van der Waals surface area contributed by atoms with Crippen LogP contribution in [0.3, 0.4) is 0 Å². The highest BCUT2D eigenvalue weighted by Crippen LogP contribution is 2.35. The molecule has 3 nitrogen and oxygen atoms in total. The topological polar surface area (TPSA) is 63.3 Å². The lowest BCUT2D eigenvalue weighted by atomic mass is 9.88. The van der Waals surface area contributed by atoms with Crippen LogP contribution in [0, 0.1) is 0 Å². The van der Waals surface area contributed by atoms with Crippen molar-refractivity contribution in [2.75, 3.05) is 0 Å². The van der Waals surface area contributed by atoms with E-state index in [1.54, 1.807) is 12.1 Å². The van der Waals surface area contributed by atoms with Gasteiger partial charge in [-0.05, 0) is 23.8 Å². The predicted octanol–water partition coefficient (Wildman–Crippen LogP) is 3.05. The Morgan fingerprint density at radius 3 is 2.53 bits per heavy atom. The maximum absolute atomic E-state index is 11.3. The van der Waals surface area contributed by atoms with Gasteiger partial charge in [0, 0.05) is 22.9 Å². The molecule has 19 heavy (non-hydrogen) atoms. The number of aromatic hydroxyl groups is 1. The lowest BCUT2D eigenvalue weighted by Gasteiger charge is -2.18. The van der Waals surface area contributed by atoms with Gasteiger partial charge in [-0.3, -0.25) is 4.79 Å². The van der Waals surface area contributed by atoms with Crippen LogP contribution in [0.2, 0.25) is 5.02 Å². The highest BCUT2D eigenvalue weighted by molar-refractivity contribution is 6.30. The lowest BCUT2D eigenvalue weighted by molar-refractivity contribution is -0.118. The molecule has 0 bridgehead atoms. The third-order valence-electron chi connectivity index (χ3n) is 2.97. The Morgan fingerprint density at radius 2 is 1.89 bits per heavy atom. The third-order valence-corrected chi connectivity index (χ3v) is 3.21. The first-order chi connectivity index (χ1) is 9.08. The van der Waals surface area contributed by atoms with E-state index in [2.05, 4.69) is 0 Å². The molecule has 2 aromatic rings. The molecule has 2 rings (SSSR count). The van der Waals surface area contributed by atoms with Gasteiger partial charge < -0.3 is 10.8 Å². The molecule has 0 aromatic heterocycles. The smallest absolute Gasteiger partial charge is 0.218 e. The fraction of sp³-hybridized carbons (Fsp3) is 0.133. The average molecular weight is 276 g/mol. The fourth-order valence-electron chi connectivity index (χ4n) is 2.10. The van der Waals surface area contributed by atoms with E-state index in [9.17, 15) is 9.90 Å². The minimum absolute atomic E-state index is 0.111. The largest absolute Gasteiger partial charge is 0.508 e. The maximum atomic E-state index is 11.3. The van der Waals surface area contributed by atoms with Crippen LogP contribution < -0.4 is 5.73 Å². The molecule has 0 heterocycles. The standard InChI is InChI=1S/C15H14ClNO2/c16-11-6-7-14(18)13(8-11)12(9-15(17)19)10-4-2-1-3-5-10/h1-8,12,18H,9H2,(H2,17,19)/t12-/m1/s1. The molecule has 0 saturated heterocycles. The summed E-state index contributed by atoms with van der Waals surface area (Å²) in [6.07, 6.45) is 0.123. The Labute approximate surface area is 116 Å². The van der Waals surface area contributed by atoms with Gasteiger partial charge >= 0.3 is 0 Å². The van der Waals surface area contributed by atoms with Crippen molar-refractivity contribution in [2.45, 2.75) is 12.3 Å². The van der Waals surface area contributed by atoms with E-state index >= 15 is 0 Å². The van der Waals surface area contributed by atoms with Gasteiger partial charge in [-0.2, -0.15) is 0 Å². The van der Waals surface area contributed by atoms with Crippen molar-refractivity contribution in [2.24, 2.45) is 5.73 Å². The zero-order valence-electron chi connectivity index (χ0n) is 10.2. The maximum Gasteiger partial charge on any atom is 0.218 e. The molecule has 1 atom stereocenters. The van der Waals surface area contributed by atoms with Gasteiger partial charge in [-0.1, -0.05) is 41.9 Å².